The monoisotopic (exact) mass is 230 g/mol. The van der Waals surface area contributed by atoms with E-state index < -0.39 is 0 Å². The standard InChI is InChI=1S/C15H22N2/c16-12-15(9-5-10-15)17-11-4-3-7-13-6-1-2-8-14(13)17/h1-2,6,8H,3-5,7,9-12,16H2. The third-order valence-corrected chi connectivity index (χ3v) is 4.60. The minimum Gasteiger partial charge on any atom is -0.364 e. The molecule has 0 radical (unpaired) electrons. The number of nitrogens with two attached hydrogens (primary N) is 1. The Hall–Kier alpha value is -1.02. The normalized spacial score (nSPS) is 22.5. The number of hydrogen-bond acceptors (Lipinski definition) is 2. The number of para-hydroxylation sites is 1. The number of benzene rings is 1. The van der Waals surface area contributed by atoms with Crippen molar-refractivity contribution in [3.05, 3.63) is 29.8 Å². The number of rotatable bonds is 2. The van der Waals surface area contributed by atoms with Crippen molar-refractivity contribution < 1.29 is 0 Å². The van der Waals surface area contributed by atoms with Crippen LogP contribution >= 0.6 is 0 Å². The van der Waals surface area contributed by atoms with E-state index in [-0.39, 0.29) is 5.54 Å². The summed E-state index contributed by atoms with van der Waals surface area (Å²) in [6, 6.07) is 8.91. The van der Waals surface area contributed by atoms with E-state index in [9.17, 15) is 0 Å². The predicted molar refractivity (Wildman–Crippen MR) is 72.4 cm³/mol. The number of hydrogen-bond donors (Lipinski definition) is 1. The summed E-state index contributed by atoms with van der Waals surface area (Å²) < 4.78 is 0. The summed E-state index contributed by atoms with van der Waals surface area (Å²) in [5, 5.41) is 0. The molecule has 0 bridgehead atoms. The van der Waals surface area contributed by atoms with Gasteiger partial charge in [-0.3, -0.25) is 0 Å². The van der Waals surface area contributed by atoms with Gasteiger partial charge in [0.2, 0.25) is 0 Å². The number of aryl methyl sites for hydroxylation is 1. The first-order valence-electron chi connectivity index (χ1n) is 6.91. The van der Waals surface area contributed by atoms with Crippen molar-refractivity contribution >= 4 is 5.69 Å². The Kier molecular flexibility index (Phi) is 2.83. The third-order valence-electron chi connectivity index (χ3n) is 4.60. The highest BCUT2D eigenvalue weighted by Crippen LogP contribution is 2.42. The summed E-state index contributed by atoms with van der Waals surface area (Å²) in [6.45, 7) is 2.00. The van der Waals surface area contributed by atoms with Crippen molar-refractivity contribution in [1.29, 1.82) is 0 Å². The Bertz CT molecular complexity index is 390. The van der Waals surface area contributed by atoms with E-state index in [1.54, 1.807) is 0 Å². The lowest BCUT2D eigenvalue weighted by Gasteiger charge is -2.51. The van der Waals surface area contributed by atoms with Crippen LogP contribution in [-0.4, -0.2) is 18.6 Å². The van der Waals surface area contributed by atoms with Gasteiger partial charge in [0.15, 0.2) is 0 Å². The zero-order valence-corrected chi connectivity index (χ0v) is 10.5. The van der Waals surface area contributed by atoms with Crippen LogP contribution in [0.3, 0.4) is 0 Å². The molecule has 1 saturated carbocycles. The summed E-state index contributed by atoms with van der Waals surface area (Å²) in [6.07, 6.45) is 7.74. The minimum absolute atomic E-state index is 0.278. The molecule has 0 spiro atoms. The molecular weight excluding hydrogens is 208 g/mol. The maximum Gasteiger partial charge on any atom is 0.0524 e. The first-order chi connectivity index (χ1) is 8.36. The van der Waals surface area contributed by atoms with Gasteiger partial charge in [-0.1, -0.05) is 18.2 Å². The van der Waals surface area contributed by atoms with E-state index in [0.29, 0.717) is 0 Å². The highest BCUT2D eigenvalue weighted by Gasteiger charge is 2.42. The summed E-state index contributed by atoms with van der Waals surface area (Å²) in [5.41, 5.74) is 9.32. The molecule has 1 aliphatic carbocycles. The zero-order chi connectivity index (χ0) is 11.7. The smallest absolute Gasteiger partial charge is 0.0524 e. The van der Waals surface area contributed by atoms with Crippen LogP contribution in [0.1, 0.15) is 37.7 Å². The lowest BCUT2D eigenvalue weighted by molar-refractivity contribution is 0.236. The Morgan fingerprint density at radius 2 is 1.94 bits per heavy atom. The highest BCUT2D eigenvalue weighted by molar-refractivity contribution is 5.57. The van der Waals surface area contributed by atoms with Gasteiger partial charge in [0.1, 0.15) is 0 Å². The van der Waals surface area contributed by atoms with Crippen LogP contribution in [0.25, 0.3) is 0 Å². The van der Waals surface area contributed by atoms with Crippen molar-refractivity contribution in [2.24, 2.45) is 5.73 Å². The van der Waals surface area contributed by atoms with Gasteiger partial charge >= 0.3 is 0 Å². The van der Waals surface area contributed by atoms with Crippen LogP contribution < -0.4 is 10.6 Å². The second-order valence-corrected chi connectivity index (χ2v) is 5.52. The quantitative estimate of drug-likeness (QED) is 0.846. The highest BCUT2D eigenvalue weighted by atomic mass is 15.2. The first-order valence-corrected chi connectivity index (χ1v) is 6.91. The summed E-state index contributed by atoms with van der Waals surface area (Å²) in [4.78, 5) is 2.62. The molecule has 0 saturated heterocycles. The van der Waals surface area contributed by atoms with Gasteiger partial charge in [0.25, 0.3) is 0 Å². The predicted octanol–water partition coefficient (Wildman–Crippen LogP) is 2.71. The van der Waals surface area contributed by atoms with Gasteiger partial charge in [-0.25, -0.2) is 0 Å². The van der Waals surface area contributed by atoms with E-state index in [0.717, 1.165) is 6.54 Å². The molecule has 0 amide bonds. The van der Waals surface area contributed by atoms with Crippen LogP contribution in [0.4, 0.5) is 5.69 Å². The van der Waals surface area contributed by atoms with E-state index in [2.05, 4.69) is 29.2 Å². The summed E-state index contributed by atoms with van der Waals surface area (Å²) in [5.74, 6) is 0. The van der Waals surface area contributed by atoms with E-state index in [4.69, 9.17) is 5.73 Å². The van der Waals surface area contributed by atoms with Gasteiger partial charge < -0.3 is 10.6 Å². The molecule has 2 aliphatic rings. The van der Waals surface area contributed by atoms with E-state index in [1.807, 2.05) is 0 Å². The van der Waals surface area contributed by atoms with Crippen molar-refractivity contribution in [3.8, 4) is 0 Å². The lowest BCUT2D eigenvalue weighted by Crippen LogP contribution is -2.59. The van der Waals surface area contributed by atoms with Crippen LogP contribution in [0, 0.1) is 0 Å². The molecule has 1 fully saturated rings. The molecule has 2 heteroatoms. The van der Waals surface area contributed by atoms with Crippen molar-refractivity contribution in [1.82, 2.24) is 0 Å². The summed E-state index contributed by atoms with van der Waals surface area (Å²) in [7, 11) is 0. The van der Waals surface area contributed by atoms with E-state index in [1.165, 1.54) is 56.3 Å². The van der Waals surface area contributed by atoms with E-state index >= 15 is 0 Å². The van der Waals surface area contributed by atoms with Crippen LogP contribution in [0.15, 0.2) is 24.3 Å². The van der Waals surface area contributed by atoms with Crippen molar-refractivity contribution in [3.63, 3.8) is 0 Å². The van der Waals surface area contributed by atoms with Crippen LogP contribution in [-0.2, 0) is 6.42 Å². The molecule has 1 aliphatic heterocycles. The Morgan fingerprint density at radius 1 is 1.12 bits per heavy atom. The van der Waals surface area contributed by atoms with Crippen molar-refractivity contribution in [2.45, 2.75) is 44.1 Å². The second-order valence-electron chi connectivity index (χ2n) is 5.52. The van der Waals surface area contributed by atoms with Gasteiger partial charge in [-0.05, 0) is 50.2 Å². The second kappa shape index (κ2) is 4.34. The summed E-state index contributed by atoms with van der Waals surface area (Å²) >= 11 is 0. The van der Waals surface area contributed by atoms with Gasteiger partial charge in [-0.15, -0.1) is 0 Å². The number of anilines is 1. The molecule has 3 rings (SSSR count). The Morgan fingerprint density at radius 3 is 2.65 bits per heavy atom. The lowest BCUT2D eigenvalue weighted by atomic mass is 9.75. The largest absolute Gasteiger partial charge is 0.364 e. The molecule has 1 heterocycles. The van der Waals surface area contributed by atoms with Gasteiger partial charge in [0.05, 0.1) is 5.54 Å². The van der Waals surface area contributed by atoms with Crippen LogP contribution in [0.5, 0.6) is 0 Å². The fourth-order valence-corrected chi connectivity index (χ4v) is 3.35. The molecule has 0 unspecified atom stereocenters. The molecule has 2 N–H and O–H groups in total. The minimum atomic E-state index is 0.278. The molecule has 92 valence electrons. The van der Waals surface area contributed by atoms with Gasteiger partial charge in [0, 0.05) is 18.8 Å². The molecule has 17 heavy (non-hydrogen) atoms. The molecule has 0 atom stereocenters. The fraction of sp³-hybridized carbons (Fsp3) is 0.600. The Balaban J connectivity index is 1.99. The van der Waals surface area contributed by atoms with Crippen molar-refractivity contribution in [2.75, 3.05) is 18.0 Å². The zero-order valence-electron chi connectivity index (χ0n) is 10.5. The van der Waals surface area contributed by atoms with Gasteiger partial charge in [-0.2, -0.15) is 0 Å². The molecule has 0 aromatic heterocycles. The number of nitrogens with zero attached hydrogens (tertiary/aromatic N) is 1. The maximum atomic E-state index is 6.07. The topological polar surface area (TPSA) is 29.3 Å². The maximum absolute atomic E-state index is 6.07. The Labute approximate surface area is 104 Å². The molecule has 1 aromatic carbocycles. The third kappa shape index (κ3) is 1.75. The average Bonchev–Trinajstić information content (AvgIpc) is 2.52. The fourth-order valence-electron chi connectivity index (χ4n) is 3.35. The van der Waals surface area contributed by atoms with Crippen LogP contribution in [0.2, 0.25) is 0 Å². The first kappa shape index (κ1) is 11.1. The molecule has 1 aromatic rings. The molecule has 2 nitrogen and oxygen atoms in total. The average molecular weight is 230 g/mol. The number of fused-ring (bicyclic) bond motifs is 1. The molecular formula is C15H22N2. The SMILES string of the molecule is NCC1(N2CCCCc3ccccc32)CCC1.